The first-order valence-electron chi connectivity index (χ1n) is 8.74. The van der Waals surface area contributed by atoms with Gasteiger partial charge in [0.25, 0.3) is 0 Å². The molecule has 0 spiro atoms. The first kappa shape index (κ1) is 17.3. The third-order valence-electron chi connectivity index (χ3n) is 4.96. The average molecular weight is 346 g/mol. The molecule has 0 aromatic carbocycles. The largest absolute Gasteiger partial charge is 0.362 e. The summed E-state index contributed by atoms with van der Waals surface area (Å²) in [5.41, 5.74) is 8.20. The Kier molecular flexibility index (Phi) is 6.18. The number of piperidine rings is 1. The topological polar surface area (TPSA) is 58.3 Å². The Balaban J connectivity index is 1.68. The monoisotopic (exact) mass is 345 g/mol. The van der Waals surface area contributed by atoms with Crippen LogP contribution in [0.2, 0.25) is 0 Å². The summed E-state index contributed by atoms with van der Waals surface area (Å²) >= 11 is 1.76. The maximum atomic E-state index is 5.72. The molecule has 0 bridgehead atoms. The minimum absolute atomic E-state index is 0.539. The van der Waals surface area contributed by atoms with Crippen LogP contribution in [0.25, 0.3) is 0 Å². The van der Waals surface area contributed by atoms with Gasteiger partial charge in [-0.3, -0.25) is 0 Å². The van der Waals surface area contributed by atoms with Crippen molar-refractivity contribution in [3.8, 4) is 0 Å². The van der Waals surface area contributed by atoms with Gasteiger partial charge in [0.1, 0.15) is 6.33 Å². The highest BCUT2D eigenvalue weighted by atomic mass is 32.1. The lowest BCUT2D eigenvalue weighted by Gasteiger charge is -2.41. The van der Waals surface area contributed by atoms with Crippen LogP contribution >= 0.6 is 11.3 Å². The average Bonchev–Trinajstić information content (AvgIpc) is 3.14. The predicted octanol–water partition coefficient (Wildman–Crippen LogP) is 2.75. The number of anilines is 1. The summed E-state index contributed by atoms with van der Waals surface area (Å²) in [6, 6.07) is 3.33. The van der Waals surface area contributed by atoms with Crippen molar-refractivity contribution >= 4 is 17.0 Å². The molecular formula is C18H27N5S. The normalized spacial score (nSPS) is 17.8. The lowest BCUT2D eigenvalue weighted by molar-refractivity contribution is 0.154. The van der Waals surface area contributed by atoms with Crippen molar-refractivity contribution in [3.05, 3.63) is 41.1 Å². The van der Waals surface area contributed by atoms with E-state index in [4.69, 9.17) is 5.73 Å². The third kappa shape index (κ3) is 4.32. The second-order valence-corrected chi connectivity index (χ2v) is 7.33. The van der Waals surface area contributed by atoms with E-state index >= 15 is 0 Å². The SMILES string of the molecule is CC(CCN)N1CCC(N(Cc2ccsc2)c2cncnc2)CC1. The van der Waals surface area contributed by atoms with Gasteiger partial charge in [0.15, 0.2) is 0 Å². The van der Waals surface area contributed by atoms with E-state index in [1.807, 2.05) is 12.4 Å². The molecule has 1 fully saturated rings. The smallest absolute Gasteiger partial charge is 0.115 e. The van der Waals surface area contributed by atoms with E-state index in [2.05, 4.69) is 43.5 Å². The first-order valence-corrected chi connectivity index (χ1v) is 9.69. The van der Waals surface area contributed by atoms with Gasteiger partial charge in [0.2, 0.25) is 0 Å². The van der Waals surface area contributed by atoms with Gasteiger partial charge in [0, 0.05) is 31.7 Å². The fourth-order valence-electron chi connectivity index (χ4n) is 3.51. The standard InChI is InChI=1S/C18H27N5S/c1-15(2-6-19)22-7-3-17(4-8-22)23(12-16-5-9-24-13-16)18-10-20-14-21-11-18/h5,9-11,13-15,17H,2-4,6-8,12,19H2,1H3. The lowest BCUT2D eigenvalue weighted by atomic mass is 10.00. The maximum absolute atomic E-state index is 5.72. The molecule has 0 saturated carbocycles. The van der Waals surface area contributed by atoms with Crippen LogP contribution in [-0.4, -0.2) is 46.6 Å². The molecule has 2 N–H and O–H groups in total. The molecule has 1 atom stereocenters. The van der Waals surface area contributed by atoms with E-state index in [0.717, 1.165) is 38.3 Å². The van der Waals surface area contributed by atoms with Gasteiger partial charge < -0.3 is 15.5 Å². The summed E-state index contributed by atoms with van der Waals surface area (Å²) in [6.45, 7) is 6.27. The molecule has 1 aliphatic heterocycles. The second kappa shape index (κ2) is 8.55. The molecule has 3 heterocycles. The fourth-order valence-corrected chi connectivity index (χ4v) is 4.17. The number of nitrogens with zero attached hydrogens (tertiary/aromatic N) is 4. The molecular weight excluding hydrogens is 318 g/mol. The highest BCUT2D eigenvalue weighted by Crippen LogP contribution is 2.26. The Bertz CT molecular complexity index is 581. The van der Waals surface area contributed by atoms with Crippen molar-refractivity contribution in [2.24, 2.45) is 5.73 Å². The summed E-state index contributed by atoms with van der Waals surface area (Å²) in [7, 11) is 0. The summed E-state index contributed by atoms with van der Waals surface area (Å²) in [5, 5.41) is 4.38. The van der Waals surface area contributed by atoms with Gasteiger partial charge in [-0.25, -0.2) is 9.97 Å². The van der Waals surface area contributed by atoms with Crippen molar-refractivity contribution in [3.63, 3.8) is 0 Å². The lowest BCUT2D eigenvalue weighted by Crippen LogP contribution is -2.47. The predicted molar refractivity (Wildman–Crippen MR) is 100 cm³/mol. The van der Waals surface area contributed by atoms with Crippen molar-refractivity contribution < 1.29 is 0 Å². The van der Waals surface area contributed by atoms with Crippen LogP contribution in [-0.2, 0) is 6.54 Å². The van der Waals surface area contributed by atoms with Gasteiger partial charge >= 0.3 is 0 Å². The molecule has 0 amide bonds. The van der Waals surface area contributed by atoms with Crippen LogP contribution in [0, 0.1) is 0 Å². The molecule has 24 heavy (non-hydrogen) atoms. The molecule has 1 unspecified atom stereocenters. The molecule has 130 valence electrons. The number of aromatic nitrogens is 2. The van der Waals surface area contributed by atoms with Crippen LogP contribution in [0.3, 0.4) is 0 Å². The van der Waals surface area contributed by atoms with E-state index in [9.17, 15) is 0 Å². The van der Waals surface area contributed by atoms with Gasteiger partial charge in [0.05, 0.1) is 18.1 Å². The number of rotatable bonds is 7. The van der Waals surface area contributed by atoms with Crippen molar-refractivity contribution in [1.82, 2.24) is 14.9 Å². The molecule has 0 radical (unpaired) electrons. The highest BCUT2D eigenvalue weighted by Gasteiger charge is 2.27. The molecule has 2 aromatic rings. The minimum atomic E-state index is 0.539. The number of nitrogens with two attached hydrogens (primary N) is 1. The molecule has 1 saturated heterocycles. The van der Waals surface area contributed by atoms with Crippen molar-refractivity contribution in [1.29, 1.82) is 0 Å². The third-order valence-corrected chi connectivity index (χ3v) is 5.69. The molecule has 3 rings (SSSR count). The Hall–Kier alpha value is -1.50. The number of thiophene rings is 1. The fraction of sp³-hybridized carbons (Fsp3) is 0.556. The van der Waals surface area contributed by atoms with Crippen LogP contribution in [0.5, 0.6) is 0 Å². The van der Waals surface area contributed by atoms with Gasteiger partial charge in [-0.1, -0.05) is 0 Å². The van der Waals surface area contributed by atoms with Crippen LogP contribution in [0.15, 0.2) is 35.5 Å². The molecule has 0 aliphatic carbocycles. The number of hydrogen-bond donors (Lipinski definition) is 1. The van der Waals surface area contributed by atoms with Gasteiger partial charge in [-0.05, 0) is 55.1 Å². The Morgan fingerprint density at radius 3 is 2.71 bits per heavy atom. The molecule has 2 aromatic heterocycles. The van der Waals surface area contributed by atoms with Crippen LogP contribution in [0.4, 0.5) is 5.69 Å². The number of hydrogen-bond acceptors (Lipinski definition) is 6. The molecule has 6 heteroatoms. The zero-order valence-electron chi connectivity index (χ0n) is 14.3. The van der Waals surface area contributed by atoms with E-state index in [0.29, 0.717) is 12.1 Å². The Morgan fingerprint density at radius 2 is 2.08 bits per heavy atom. The van der Waals surface area contributed by atoms with Crippen LogP contribution in [0.1, 0.15) is 31.7 Å². The second-order valence-electron chi connectivity index (χ2n) is 6.55. The summed E-state index contributed by atoms with van der Waals surface area (Å²) in [4.78, 5) is 13.5. The Labute approximate surface area is 148 Å². The van der Waals surface area contributed by atoms with E-state index in [1.54, 1.807) is 17.7 Å². The number of likely N-dealkylation sites (tertiary alicyclic amines) is 1. The molecule has 1 aliphatic rings. The van der Waals surface area contributed by atoms with Crippen LogP contribution < -0.4 is 10.6 Å². The van der Waals surface area contributed by atoms with Gasteiger partial charge in [-0.15, -0.1) is 0 Å². The Morgan fingerprint density at radius 1 is 1.33 bits per heavy atom. The quantitative estimate of drug-likeness (QED) is 0.836. The maximum Gasteiger partial charge on any atom is 0.115 e. The zero-order chi connectivity index (χ0) is 16.8. The highest BCUT2D eigenvalue weighted by molar-refractivity contribution is 7.07. The summed E-state index contributed by atoms with van der Waals surface area (Å²) in [6.07, 6.45) is 8.90. The summed E-state index contributed by atoms with van der Waals surface area (Å²) < 4.78 is 0. The van der Waals surface area contributed by atoms with Crippen molar-refractivity contribution in [2.75, 3.05) is 24.5 Å². The van der Waals surface area contributed by atoms with E-state index < -0.39 is 0 Å². The van der Waals surface area contributed by atoms with E-state index in [1.165, 1.54) is 18.4 Å². The van der Waals surface area contributed by atoms with E-state index in [-0.39, 0.29) is 0 Å². The molecule has 5 nitrogen and oxygen atoms in total. The van der Waals surface area contributed by atoms with Crippen molar-refractivity contribution in [2.45, 2.75) is 44.8 Å². The zero-order valence-corrected chi connectivity index (χ0v) is 15.2. The summed E-state index contributed by atoms with van der Waals surface area (Å²) in [5.74, 6) is 0. The van der Waals surface area contributed by atoms with Gasteiger partial charge in [-0.2, -0.15) is 11.3 Å². The first-order chi connectivity index (χ1) is 11.8. The minimum Gasteiger partial charge on any atom is -0.362 e.